The minimum absolute atomic E-state index is 0.162. The second-order valence-electron chi connectivity index (χ2n) is 4.51. The van der Waals surface area contributed by atoms with Crippen molar-refractivity contribution in [3.05, 3.63) is 47.9 Å². The Bertz CT molecular complexity index is 835. The maximum Gasteiger partial charge on any atom is 0.222 e. The summed E-state index contributed by atoms with van der Waals surface area (Å²) in [6, 6.07) is 9.07. The van der Waals surface area contributed by atoms with Gasteiger partial charge in [0.1, 0.15) is 11.0 Å². The molecule has 0 aliphatic carbocycles. The van der Waals surface area contributed by atoms with Crippen molar-refractivity contribution in [2.75, 3.05) is 5.32 Å². The van der Waals surface area contributed by atoms with Crippen LogP contribution in [0.5, 0.6) is 0 Å². The van der Waals surface area contributed by atoms with Gasteiger partial charge in [-0.3, -0.25) is 9.78 Å². The Kier molecular flexibility index (Phi) is 3.50. The first-order valence-electron chi connectivity index (χ1n) is 6.28. The number of amides is 1. The van der Waals surface area contributed by atoms with Crippen LogP contribution in [0.4, 0.5) is 5.82 Å². The van der Waals surface area contributed by atoms with Crippen molar-refractivity contribution in [3.8, 4) is 11.1 Å². The average Bonchev–Trinajstić information content (AvgIpc) is 2.46. The molecule has 0 atom stereocenters. The van der Waals surface area contributed by atoms with Crippen LogP contribution in [-0.4, -0.2) is 20.9 Å². The van der Waals surface area contributed by atoms with Crippen LogP contribution in [0.2, 0.25) is 5.15 Å². The standard InChI is InChI=1S/C15H11ClN4O/c1-9(21)19-15-7-10(4-5-17-15)11-6-13-12(18-8-11)2-3-14(16)20-13/h2-8H,1H3,(H,17,19,21). The van der Waals surface area contributed by atoms with E-state index in [0.717, 1.165) is 22.2 Å². The van der Waals surface area contributed by atoms with E-state index in [-0.39, 0.29) is 5.91 Å². The number of anilines is 1. The van der Waals surface area contributed by atoms with Crippen molar-refractivity contribution >= 4 is 34.4 Å². The van der Waals surface area contributed by atoms with E-state index in [1.807, 2.05) is 18.2 Å². The van der Waals surface area contributed by atoms with E-state index in [4.69, 9.17) is 11.6 Å². The monoisotopic (exact) mass is 298 g/mol. The maximum atomic E-state index is 11.1. The van der Waals surface area contributed by atoms with Gasteiger partial charge in [0.2, 0.25) is 5.91 Å². The largest absolute Gasteiger partial charge is 0.311 e. The predicted molar refractivity (Wildman–Crippen MR) is 82.1 cm³/mol. The lowest BCUT2D eigenvalue weighted by molar-refractivity contribution is -0.114. The normalized spacial score (nSPS) is 10.6. The predicted octanol–water partition coefficient (Wildman–Crippen LogP) is 3.30. The van der Waals surface area contributed by atoms with Gasteiger partial charge in [-0.05, 0) is 35.9 Å². The maximum absolute atomic E-state index is 11.1. The molecule has 0 aliphatic rings. The number of pyridine rings is 3. The fourth-order valence-electron chi connectivity index (χ4n) is 2.00. The number of carbonyl (C=O) groups excluding carboxylic acids is 1. The highest BCUT2D eigenvalue weighted by molar-refractivity contribution is 6.29. The second kappa shape index (κ2) is 5.46. The zero-order valence-corrected chi connectivity index (χ0v) is 11.9. The van der Waals surface area contributed by atoms with E-state index in [0.29, 0.717) is 11.0 Å². The minimum atomic E-state index is -0.162. The number of hydrogen-bond acceptors (Lipinski definition) is 4. The van der Waals surface area contributed by atoms with Gasteiger partial charge >= 0.3 is 0 Å². The van der Waals surface area contributed by atoms with Crippen LogP contribution in [0.1, 0.15) is 6.92 Å². The lowest BCUT2D eigenvalue weighted by Gasteiger charge is -2.06. The molecule has 3 heterocycles. The summed E-state index contributed by atoms with van der Waals surface area (Å²) in [6.07, 6.45) is 3.39. The van der Waals surface area contributed by atoms with Crippen LogP contribution in [0.25, 0.3) is 22.2 Å². The zero-order chi connectivity index (χ0) is 14.8. The third-order valence-corrected chi connectivity index (χ3v) is 3.11. The van der Waals surface area contributed by atoms with Crippen molar-refractivity contribution in [1.29, 1.82) is 0 Å². The molecule has 0 aliphatic heterocycles. The molecule has 104 valence electrons. The lowest BCUT2D eigenvalue weighted by Crippen LogP contribution is -2.07. The van der Waals surface area contributed by atoms with Gasteiger partial charge in [0.05, 0.1) is 11.0 Å². The molecule has 0 saturated carbocycles. The fraction of sp³-hybridized carbons (Fsp3) is 0.0667. The first kappa shape index (κ1) is 13.5. The lowest BCUT2D eigenvalue weighted by atomic mass is 10.1. The van der Waals surface area contributed by atoms with Crippen molar-refractivity contribution in [2.24, 2.45) is 0 Å². The topological polar surface area (TPSA) is 67.8 Å². The van der Waals surface area contributed by atoms with Crippen LogP contribution in [0, 0.1) is 0 Å². The van der Waals surface area contributed by atoms with Gasteiger partial charge in [-0.15, -0.1) is 0 Å². The summed E-state index contributed by atoms with van der Waals surface area (Å²) >= 11 is 5.90. The van der Waals surface area contributed by atoms with Gasteiger partial charge in [-0.2, -0.15) is 0 Å². The summed E-state index contributed by atoms with van der Waals surface area (Å²) in [5, 5.41) is 3.08. The highest BCUT2D eigenvalue weighted by atomic mass is 35.5. The fourth-order valence-corrected chi connectivity index (χ4v) is 2.15. The third kappa shape index (κ3) is 2.98. The molecule has 3 aromatic heterocycles. The van der Waals surface area contributed by atoms with Gasteiger partial charge in [0.15, 0.2) is 0 Å². The Labute approximate surface area is 126 Å². The second-order valence-corrected chi connectivity index (χ2v) is 4.89. The van der Waals surface area contributed by atoms with Crippen LogP contribution in [0.3, 0.4) is 0 Å². The summed E-state index contributed by atoms with van der Waals surface area (Å²) < 4.78 is 0. The molecule has 0 bridgehead atoms. The first-order chi connectivity index (χ1) is 10.1. The Balaban J connectivity index is 2.05. The Morgan fingerprint density at radius 2 is 1.95 bits per heavy atom. The number of rotatable bonds is 2. The molecule has 1 amide bonds. The minimum Gasteiger partial charge on any atom is -0.311 e. The van der Waals surface area contributed by atoms with Crippen LogP contribution >= 0.6 is 11.6 Å². The molecular formula is C15H11ClN4O. The van der Waals surface area contributed by atoms with Gasteiger partial charge in [0, 0.05) is 24.9 Å². The summed E-state index contributed by atoms with van der Waals surface area (Å²) in [7, 11) is 0. The highest BCUT2D eigenvalue weighted by Gasteiger charge is 2.05. The Morgan fingerprint density at radius 3 is 2.76 bits per heavy atom. The molecule has 0 unspecified atom stereocenters. The highest BCUT2D eigenvalue weighted by Crippen LogP contribution is 2.24. The van der Waals surface area contributed by atoms with Crippen LogP contribution in [0.15, 0.2) is 42.7 Å². The molecule has 21 heavy (non-hydrogen) atoms. The summed E-state index contributed by atoms with van der Waals surface area (Å²) in [4.78, 5) is 23.8. The molecular weight excluding hydrogens is 288 g/mol. The number of halogens is 1. The molecule has 0 fully saturated rings. The van der Waals surface area contributed by atoms with E-state index in [9.17, 15) is 4.79 Å². The molecule has 0 spiro atoms. The van der Waals surface area contributed by atoms with E-state index in [2.05, 4.69) is 20.3 Å². The molecule has 3 aromatic rings. The third-order valence-electron chi connectivity index (χ3n) is 2.90. The molecule has 3 rings (SSSR count). The average molecular weight is 299 g/mol. The molecule has 6 heteroatoms. The SMILES string of the molecule is CC(=O)Nc1cc(-c2cnc3ccc(Cl)nc3c2)ccn1. The van der Waals surface area contributed by atoms with Crippen LogP contribution < -0.4 is 5.32 Å². The molecule has 0 saturated heterocycles. The van der Waals surface area contributed by atoms with Gasteiger partial charge in [-0.25, -0.2) is 9.97 Å². The first-order valence-corrected chi connectivity index (χ1v) is 6.66. The van der Waals surface area contributed by atoms with Gasteiger partial charge < -0.3 is 5.32 Å². The Hall–Kier alpha value is -2.53. The van der Waals surface area contributed by atoms with E-state index in [1.54, 1.807) is 24.5 Å². The molecule has 0 aromatic carbocycles. The van der Waals surface area contributed by atoms with Crippen LogP contribution in [-0.2, 0) is 4.79 Å². The summed E-state index contributed by atoms with van der Waals surface area (Å²) in [6.45, 7) is 1.44. The number of fused-ring (bicyclic) bond motifs is 1. The van der Waals surface area contributed by atoms with Crippen molar-refractivity contribution < 1.29 is 4.79 Å². The number of nitrogens with one attached hydrogen (secondary N) is 1. The molecule has 5 nitrogen and oxygen atoms in total. The number of nitrogens with zero attached hydrogens (tertiary/aromatic N) is 3. The number of aromatic nitrogens is 3. The Morgan fingerprint density at radius 1 is 1.10 bits per heavy atom. The smallest absolute Gasteiger partial charge is 0.222 e. The quantitative estimate of drug-likeness (QED) is 0.737. The summed E-state index contributed by atoms with van der Waals surface area (Å²) in [5.74, 6) is 0.337. The molecule has 1 N–H and O–H groups in total. The van der Waals surface area contributed by atoms with E-state index >= 15 is 0 Å². The van der Waals surface area contributed by atoms with Crippen molar-refractivity contribution in [1.82, 2.24) is 15.0 Å². The number of hydrogen-bond donors (Lipinski definition) is 1. The summed E-state index contributed by atoms with van der Waals surface area (Å²) in [5.41, 5.74) is 3.27. The zero-order valence-electron chi connectivity index (χ0n) is 11.2. The van der Waals surface area contributed by atoms with E-state index in [1.165, 1.54) is 6.92 Å². The van der Waals surface area contributed by atoms with Crippen molar-refractivity contribution in [2.45, 2.75) is 6.92 Å². The number of carbonyl (C=O) groups is 1. The van der Waals surface area contributed by atoms with Gasteiger partial charge in [-0.1, -0.05) is 11.6 Å². The van der Waals surface area contributed by atoms with Crippen molar-refractivity contribution in [3.63, 3.8) is 0 Å². The van der Waals surface area contributed by atoms with Gasteiger partial charge in [0.25, 0.3) is 0 Å². The molecule has 0 radical (unpaired) electrons. The van der Waals surface area contributed by atoms with E-state index < -0.39 is 0 Å².